The molecular weight excluding hydrogens is 186 g/mol. The Labute approximate surface area is 79.6 Å². The first kappa shape index (κ1) is 9.46. The molecule has 0 bridgehead atoms. The maximum atomic E-state index is 11.2. The smallest absolute Gasteiger partial charge is 0.150 e. The van der Waals surface area contributed by atoms with Crippen molar-refractivity contribution in [3.8, 4) is 0 Å². The van der Waals surface area contributed by atoms with Crippen LogP contribution in [-0.4, -0.2) is 26.0 Å². The van der Waals surface area contributed by atoms with Gasteiger partial charge in [-0.1, -0.05) is 0 Å². The molecule has 2 fully saturated rings. The topological polar surface area (TPSA) is 60.2 Å². The molecule has 13 heavy (non-hydrogen) atoms. The monoisotopic (exact) mass is 203 g/mol. The standard InChI is InChI=1S/C9H17NO2S/c10-9(7-1-2-7)8-3-5-13(11,12)6-4-8/h7-9H,1-6,10H2. The quantitative estimate of drug-likeness (QED) is 0.713. The van der Waals surface area contributed by atoms with Gasteiger partial charge in [-0.05, 0) is 37.5 Å². The molecule has 1 aliphatic carbocycles. The zero-order valence-corrected chi connectivity index (χ0v) is 8.59. The van der Waals surface area contributed by atoms with E-state index >= 15 is 0 Å². The van der Waals surface area contributed by atoms with E-state index in [-0.39, 0.29) is 6.04 Å². The number of nitrogens with two attached hydrogens (primary N) is 1. The molecule has 1 saturated carbocycles. The van der Waals surface area contributed by atoms with Gasteiger partial charge in [0.15, 0.2) is 0 Å². The summed E-state index contributed by atoms with van der Waals surface area (Å²) in [6.45, 7) is 0. The average molecular weight is 203 g/mol. The maximum absolute atomic E-state index is 11.2. The third-order valence-corrected chi connectivity index (χ3v) is 5.03. The van der Waals surface area contributed by atoms with E-state index in [1.54, 1.807) is 0 Å². The summed E-state index contributed by atoms with van der Waals surface area (Å²) in [6.07, 6.45) is 4.09. The Balaban J connectivity index is 1.90. The Morgan fingerprint density at radius 1 is 1.00 bits per heavy atom. The van der Waals surface area contributed by atoms with E-state index in [4.69, 9.17) is 5.73 Å². The Morgan fingerprint density at radius 3 is 1.92 bits per heavy atom. The lowest BCUT2D eigenvalue weighted by atomic mass is 9.91. The Morgan fingerprint density at radius 2 is 1.46 bits per heavy atom. The van der Waals surface area contributed by atoms with Gasteiger partial charge < -0.3 is 5.73 Å². The number of sulfone groups is 1. The van der Waals surface area contributed by atoms with Crippen molar-refractivity contribution in [1.29, 1.82) is 0 Å². The molecule has 2 rings (SSSR count). The van der Waals surface area contributed by atoms with Crippen LogP contribution in [0.5, 0.6) is 0 Å². The molecule has 0 radical (unpaired) electrons. The van der Waals surface area contributed by atoms with Crippen LogP contribution in [0.2, 0.25) is 0 Å². The summed E-state index contributed by atoms with van der Waals surface area (Å²) >= 11 is 0. The number of hydrogen-bond acceptors (Lipinski definition) is 3. The molecule has 76 valence electrons. The number of hydrogen-bond donors (Lipinski definition) is 1. The summed E-state index contributed by atoms with van der Waals surface area (Å²) in [7, 11) is -2.71. The van der Waals surface area contributed by atoms with Gasteiger partial charge in [0.1, 0.15) is 9.84 Å². The van der Waals surface area contributed by atoms with Crippen LogP contribution < -0.4 is 5.73 Å². The highest BCUT2D eigenvalue weighted by Crippen LogP contribution is 2.37. The van der Waals surface area contributed by atoms with Crippen LogP contribution in [0.25, 0.3) is 0 Å². The lowest BCUT2D eigenvalue weighted by Crippen LogP contribution is -2.37. The SMILES string of the molecule is NC(C1CC1)C1CCS(=O)(=O)CC1. The van der Waals surface area contributed by atoms with Crippen LogP contribution in [0, 0.1) is 11.8 Å². The molecule has 2 N–H and O–H groups in total. The van der Waals surface area contributed by atoms with Gasteiger partial charge in [0.25, 0.3) is 0 Å². The van der Waals surface area contributed by atoms with Gasteiger partial charge >= 0.3 is 0 Å². The Bertz CT molecular complexity index is 268. The highest BCUT2D eigenvalue weighted by atomic mass is 32.2. The van der Waals surface area contributed by atoms with E-state index in [9.17, 15) is 8.42 Å². The molecule has 0 spiro atoms. The van der Waals surface area contributed by atoms with Gasteiger partial charge in [-0.15, -0.1) is 0 Å². The van der Waals surface area contributed by atoms with E-state index in [1.165, 1.54) is 12.8 Å². The van der Waals surface area contributed by atoms with Crippen molar-refractivity contribution in [3.63, 3.8) is 0 Å². The van der Waals surface area contributed by atoms with Crippen LogP contribution in [0.4, 0.5) is 0 Å². The third-order valence-electron chi connectivity index (χ3n) is 3.31. The minimum atomic E-state index is -2.71. The molecule has 1 atom stereocenters. The molecule has 1 aliphatic heterocycles. The summed E-state index contributed by atoms with van der Waals surface area (Å²) in [5.41, 5.74) is 6.05. The lowest BCUT2D eigenvalue weighted by Gasteiger charge is -2.27. The molecule has 1 heterocycles. The minimum absolute atomic E-state index is 0.274. The number of rotatable bonds is 2. The second-order valence-corrected chi connectivity index (χ2v) is 6.71. The van der Waals surface area contributed by atoms with Crippen molar-refractivity contribution in [1.82, 2.24) is 0 Å². The molecule has 0 aromatic carbocycles. The summed E-state index contributed by atoms with van der Waals surface area (Å²) in [4.78, 5) is 0. The molecule has 0 amide bonds. The summed E-state index contributed by atoms with van der Waals surface area (Å²) in [6, 6.07) is 0.274. The van der Waals surface area contributed by atoms with Crippen molar-refractivity contribution >= 4 is 9.84 Å². The van der Waals surface area contributed by atoms with Crippen molar-refractivity contribution in [2.24, 2.45) is 17.6 Å². The lowest BCUT2D eigenvalue weighted by molar-refractivity contribution is 0.355. The predicted octanol–water partition coefficient (Wildman–Crippen LogP) is 0.548. The average Bonchev–Trinajstić information content (AvgIpc) is 2.85. The molecule has 0 aromatic rings. The second kappa shape index (κ2) is 3.24. The normalized spacial score (nSPS) is 31.5. The minimum Gasteiger partial charge on any atom is -0.327 e. The van der Waals surface area contributed by atoms with Gasteiger partial charge in [0.2, 0.25) is 0 Å². The van der Waals surface area contributed by atoms with Gasteiger partial charge in [0, 0.05) is 6.04 Å². The molecule has 0 aromatic heterocycles. The van der Waals surface area contributed by atoms with E-state index in [0.29, 0.717) is 23.3 Å². The van der Waals surface area contributed by atoms with Crippen LogP contribution in [-0.2, 0) is 9.84 Å². The molecule has 2 aliphatic rings. The highest BCUT2D eigenvalue weighted by molar-refractivity contribution is 7.91. The second-order valence-electron chi connectivity index (χ2n) is 4.40. The van der Waals surface area contributed by atoms with E-state index in [0.717, 1.165) is 12.8 Å². The largest absolute Gasteiger partial charge is 0.327 e. The molecule has 3 nitrogen and oxygen atoms in total. The highest BCUT2D eigenvalue weighted by Gasteiger charge is 2.36. The fourth-order valence-electron chi connectivity index (χ4n) is 2.16. The van der Waals surface area contributed by atoms with Crippen molar-refractivity contribution in [2.75, 3.05) is 11.5 Å². The van der Waals surface area contributed by atoms with Crippen molar-refractivity contribution in [2.45, 2.75) is 31.7 Å². The summed E-state index contributed by atoms with van der Waals surface area (Å²) < 4.78 is 22.3. The first-order valence-electron chi connectivity index (χ1n) is 5.04. The first-order chi connectivity index (χ1) is 6.08. The molecule has 1 saturated heterocycles. The van der Waals surface area contributed by atoms with E-state index in [1.807, 2.05) is 0 Å². The van der Waals surface area contributed by atoms with Gasteiger partial charge in [0.05, 0.1) is 11.5 Å². The fourth-order valence-corrected chi connectivity index (χ4v) is 3.69. The van der Waals surface area contributed by atoms with Crippen molar-refractivity contribution in [3.05, 3.63) is 0 Å². The Kier molecular flexibility index (Phi) is 2.36. The molecular formula is C9H17NO2S. The summed E-state index contributed by atoms with van der Waals surface area (Å²) in [5, 5.41) is 0. The van der Waals surface area contributed by atoms with Gasteiger partial charge in [-0.25, -0.2) is 8.42 Å². The molecule has 4 heteroatoms. The van der Waals surface area contributed by atoms with Gasteiger partial charge in [-0.3, -0.25) is 0 Å². The van der Waals surface area contributed by atoms with Crippen LogP contribution >= 0.6 is 0 Å². The molecule has 1 unspecified atom stereocenters. The fraction of sp³-hybridized carbons (Fsp3) is 1.00. The van der Waals surface area contributed by atoms with Crippen LogP contribution in [0.1, 0.15) is 25.7 Å². The zero-order chi connectivity index (χ0) is 9.47. The summed E-state index contributed by atoms with van der Waals surface area (Å²) in [5.74, 6) is 1.89. The van der Waals surface area contributed by atoms with Crippen molar-refractivity contribution < 1.29 is 8.42 Å². The van der Waals surface area contributed by atoms with Crippen LogP contribution in [0.3, 0.4) is 0 Å². The van der Waals surface area contributed by atoms with Crippen LogP contribution in [0.15, 0.2) is 0 Å². The maximum Gasteiger partial charge on any atom is 0.150 e. The zero-order valence-electron chi connectivity index (χ0n) is 7.78. The third kappa shape index (κ3) is 2.23. The predicted molar refractivity (Wildman–Crippen MR) is 52.1 cm³/mol. The first-order valence-corrected chi connectivity index (χ1v) is 6.87. The van der Waals surface area contributed by atoms with Gasteiger partial charge in [-0.2, -0.15) is 0 Å². The van der Waals surface area contributed by atoms with E-state index < -0.39 is 9.84 Å². The van der Waals surface area contributed by atoms with E-state index in [2.05, 4.69) is 0 Å². The Hall–Kier alpha value is -0.0900.